The van der Waals surface area contributed by atoms with Crippen molar-refractivity contribution in [3.05, 3.63) is 76.4 Å². The summed E-state index contributed by atoms with van der Waals surface area (Å²) in [4.78, 5) is 43.6. The molecule has 2 aliphatic rings. The molecule has 0 heterocycles. The zero-order chi connectivity index (χ0) is 27.8. The van der Waals surface area contributed by atoms with Crippen LogP contribution in [0, 0.1) is 22.2 Å². The molecule has 1 aromatic carbocycles. The molecule has 0 spiro atoms. The minimum atomic E-state index is -1.45. The van der Waals surface area contributed by atoms with E-state index >= 15 is 0 Å². The molecule has 3 rings (SSSR count). The Hall–Kier alpha value is -3.01. The maximum atomic E-state index is 14.7. The Bertz CT molecular complexity index is 1210. The zero-order valence-corrected chi connectivity index (χ0v) is 23.7. The van der Waals surface area contributed by atoms with Gasteiger partial charge < -0.3 is 5.11 Å². The fourth-order valence-corrected chi connectivity index (χ4v) is 6.13. The summed E-state index contributed by atoms with van der Waals surface area (Å²) in [6.45, 7) is 15.9. The van der Waals surface area contributed by atoms with E-state index in [0.717, 1.165) is 16.7 Å². The molecule has 2 saturated carbocycles. The fraction of sp³-hybridized carbons (Fsp3) is 0.485. The summed E-state index contributed by atoms with van der Waals surface area (Å²) in [6.07, 6.45) is 7.49. The maximum Gasteiger partial charge on any atom is 0.184 e. The van der Waals surface area contributed by atoms with Crippen molar-refractivity contribution in [1.29, 1.82) is 0 Å². The summed E-state index contributed by atoms with van der Waals surface area (Å²) in [5.41, 5.74) is -0.236. The van der Waals surface area contributed by atoms with Crippen molar-refractivity contribution < 1.29 is 19.5 Å². The fourth-order valence-electron chi connectivity index (χ4n) is 6.13. The number of carbonyl (C=O) groups excluding carboxylic acids is 3. The molecule has 1 N–H and O–H groups in total. The van der Waals surface area contributed by atoms with Crippen LogP contribution in [0.1, 0.15) is 86.6 Å². The first-order valence-corrected chi connectivity index (χ1v) is 13.3. The molecule has 0 radical (unpaired) electrons. The lowest BCUT2D eigenvalue weighted by atomic mass is 9.38. The molecule has 2 bridgehead atoms. The molecule has 0 saturated heterocycles. The minimum absolute atomic E-state index is 0.0652. The summed E-state index contributed by atoms with van der Waals surface area (Å²) in [5.74, 6) is -1.75. The molecule has 4 heteroatoms. The first-order chi connectivity index (χ1) is 17.2. The Morgan fingerprint density at radius 2 is 1.38 bits per heavy atom. The van der Waals surface area contributed by atoms with Crippen molar-refractivity contribution in [3.63, 3.8) is 0 Å². The van der Waals surface area contributed by atoms with Gasteiger partial charge in [-0.25, -0.2) is 0 Å². The van der Waals surface area contributed by atoms with E-state index in [4.69, 9.17) is 0 Å². The predicted molar refractivity (Wildman–Crippen MR) is 150 cm³/mol. The number of ketones is 3. The summed E-state index contributed by atoms with van der Waals surface area (Å²) < 4.78 is 0. The summed E-state index contributed by atoms with van der Waals surface area (Å²) in [5, 5.41) is 11.4. The van der Waals surface area contributed by atoms with E-state index in [2.05, 4.69) is 6.08 Å². The molecule has 2 fully saturated rings. The Morgan fingerprint density at radius 3 is 1.92 bits per heavy atom. The Kier molecular flexibility index (Phi) is 8.02. The van der Waals surface area contributed by atoms with Crippen molar-refractivity contribution in [2.24, 2.45) is 22.2 Å². The first-order valence-electron chi connectivity index (χ1n) is 13.3. The lowest BCUT2D eigenvalue weighted by molar-refractivity contribution is -0.176. The monoisotopic (exact) mass is 502 g/mol. The van der Waals surface area contributed by atoms with Crippen LogP contribution in [0.2, 0.25) is 0 Å². The number of allylic oxidation sites excluding steroid dienone is 7. The number of aliphatic hydroxyl groups excluding tert-OH is 1. The molecule has 0 aromatic heterocycles. The van der Waals surface area contributed by atoms with Crippen LogP contribution in [0.4, 0.5) is 0 Å². The van der Waals surface area contributed by atoms with Crippen LogP contribution in [0.15, 0.2) is 70.9 Å². The van der Waals surface area contributed by atoms with Gasteiger partial charge in [-0.3, -0.25) is 14.4 Å². The van der Waals surface area contributed by atoms with Gasteiger partial charge in [-0.2, -0.15) is 0 Å². The van der Waals surface area contributed by atoms with Crippen molar-refractivity contribution >= 4 is 23.1 Å². The van der Waals surface area contributed by atoms with Crippen LogP contribution in [0.5, 0.6) is 0 Å². The zero-order valence-electron chi connectivity index (χ0n) is 23.7. The van der Waals surface area contributed by atoms with E-state index in [1.165, 1.54) is 0 Å². The largest absolute Gasteiger partial charge is 0.506 e. The second-order valence-corrected chi connectivity index (χ2v) is 12.2. The van der Waals surface area contributed by atoms with Crippen molar-refractivity contribution in [1.82, 2.24) is 0 Å². The van der Waals surface area contributed by atoms with Gasteiger partial charge in [-0.15, -0.1) is 0 Å². The highest BCUT2D eigenvalue weighted by Crippen LogP contribution is 2.65. The van der Waals surface area contributed by atoms with Crippen molar-refractivity contribution in [2.45, 2.75) is 81.1 Å². The highest BCUT2D eigenvalue weighted by atomic mass is 16.3. The van der Waals surface area contributed by atoms with Gasteiger partial charge in [0.1, 0.15) is 16.7 Å². The van der Waals surface area contributed by atoms with Gasteiger partial charge in [0.2, 0.25) is 0 Å². The van der Waals surface area contributed by atoms with E-state index in [1.807, 2.05) is 73.6 Å². The normalized spacial score (nSPS) is 27.9. The van der Waals surface area contributed by atoms with Gasteiger partial charge in [-0.05, 0) is 78.6 Å². The quantitative estimate of drug-likeness (QED) is 0.136. The van der Waals surface area contributed by atoms with Crippen LogP contribution >= 0.6 is 0 Å². The third-order valence-electron chi connectivity index (χ3n) is 8.58. The third kappa shape index (κ3) is 4.71. The minimum Gasteiger partial charge on any atom is -0.506 e. The van der Waals surface area contributed by atoms with Crippen LogP contribution in [-0.2, 0) is 14.4 Å². The Balaban J connectivity index is 2.43. The Labute approximate surface area is 222 Å². The van der Waals surface area contributed by atoms with Gasteiger partial charge >= 0.3 is 0 Å². The van der Waals surface area contributed by atoms with E-state index in [-0.39, 0.29) is 35.9 Å². The number of benzene rings is 1. The van der Waals surface area contributed by atoms with Gasteiger partial charge in [-0.1, -0.05) is 79.1 Å². The molecule has 3 atom stereocenters. The van der Waals surface area contributed by atoms with Gasteiger partial charge in [0.05, 0.1) is 5.41 Å². The second-order valence-electron chi connectivity index (χ2n) is 12.2. The summed E-state index contributed by atoms with van der Waals surface area (Å²) in [7, 11) is 0. The molecule has 37 heavy (non-hydrogen) atoms. The Morgan fingerprint density at radius 1 is 0.838 bits per heavy atom. The molecule has 0 aliphatic heterocycles. The van der Waals surface area contributed by atoms with E-state index in [0.29, 0.717) is 18.4 Å². The highest BCUT2D eigenvalue weighted by molar-refractivity contribution is 6.41. The SMILES string of the molecule is CC(C)=CCC1C[C@]2(CC=C(C)C)C(=O)/C(=C(/O)c3ccccc3)C(=O)[C@@](CC=C(C)C)(C2=O)C1(C)C. The standard InChI is InChI=1S/C33H42O4/c1-21(2)14-15-25-20-32(18-16-22(3)4)28(35)26(27(34)24-12-10-9-11-13-24)29(36)33(30(32)37,31(25,7)8)19-17-23(5)6/h9-14,16-17,25,34H,15,18-20H2,1-8H3/b27-26-/t25?,32-,33+/m1/s1. The average Bonchev–Trinajstić information content (AvgIpc) is 2.82. The highest BCUT2D eigenvalue weighted by Gasteiger charge is 2.73. The molecule has 1 unspecified atom stereocenters. The molecule has 2 aliphatic carbocycles. The first kappa shape index (κ1) is 28.6. The number of hydrogen-bond donors (Lipinski definition) is 1. The number of Topliss-reactive ketones (excluding diaryl/α,β-unsaturated/α-hetero) is 3. The molecule has 0 amide bonds. The van der Waals surface area contributed by atoms with Crippen LogP contribution in [0.25, 0.3) is 5.76 Å². The van der Waals surface area contributed by atoms with E-state index in [9.17, 15) is 19.5 Å². The lowest BCUT2D eigenvalue weighted by Gasteiger charge is -2.60. The summed E-state index contributed by atoms with van der Waals surface area (Å²) in [6, 6.07) is 8.70. The topological polar surface area (TPSA) is 71.4 Å². The summed E-state index contributed by atoms with van der Waals surface area (Å²) >= 11 is 0. The van der Waals surface area contributed by atoms with Gasteiger partial charge in [0.25, 0.3) is 0 Å². The van der Waals surface area contributed by atoms with Crippen molar-refractivity contribution in [2.75, 3.05) is 0 Å². The van der Waals surface area contributed by atoms with E-state index < -0.39 is 27.8 Å². The molecule has 198 valence electrons. The molecular formula is C33H42O4. The maximum absolute atomic E-state index is 14.7. The second kappa shape index (κ2) is 10.4. The average molecular weight is 503 g/mol. The number of carbonyl (C=O) groups is 3. The molecular weight excluding hydrogens is 460 g/mol. The number of aliphatic hydroxyl groups is 1. The number of rotatable bonds is 7. The molecule has 1 aromatic rings. The number of hydrogen-bond acceptors (Lipinski definition) is 4. The molecule has 4 nitrogen and oxygen atoms in total. The van der Waals surface area contributed by atoms with Gasteiger partial charge in [0.15, 0.2) is 17.3 Å². The third-order valence-corrected chi connectivity index (χ3v) is 8.58. The predicted octanol–water partition coefficient (Wildman–Crippen LogP) is 7.76. The smallest absolute Gasteiger partial charge is 0.184 e. The van der Waals surface area contributed by atoms with Crippen LogP contribution in [0.3, 0.4) is 0 Å². The lowest BCUT2D eigenvalue weighted by Crippen LogP contribution is -2.69. The van der Waals surface area contributed by atoms with Crippen LogP contribution in [-0.4, -0.2) is 22.5 Å². The van der Waals surface area contributed by atoms with E-state index in [1.54, 1.807) is 24.3 Å². The van der Waals surface area contributed by atoms with Gasteiger partial charge in [0, 0.05) is 5.56 Å². The van der Waals surface area contributed by atoms with Crippen LogP contribution < -0.4 is 0 Å². The van der Waals surface area contributed by atoms with Crippen molar-refractivity contribution in [3.8, 4) is 0 Å². The number of fused-ring (bicyclic) bond motifs is 2.